The first kappa shape index (κ1) is 32.5. The number of rotatable bonds is 10. The number of benzene rings is 1. The average Bonchev–Trinajstić information content (AvgIpc) is 3.10. The van der Waals surface area contributed by atoms with E-state index >= 15 is 0 Å². The highest BCUT2D eigenvalue weighted by molar-refractivity contribution is 6.62. The third kappa shape index (κ3) is 8.26. The monoisotopic (exact) mass is 578 g/mol. The molecule has 0 aliphatic carbocycles. The summed E-state index contributed by atoms with van der Waals surface area (Å²) in [7, 11) is -0.530. The second kappa shape index (κ2) is 13.3. The Labute approximate surface area is 239 Å². The molecule has 2 saturated heterocycles. The van der Waals surface area contributed by atoms with Crippen LogP contribution in [-0.4, -0.2) is 85.9 Å². The van der Waals surface area contributed by atoms with E-state index in [4.69, 9.17) is 38.7 Å². The van der Waals surface area contributed by atoms with Crippen LogP contribution < -0.4 is 16.5 Å². The molecule has 14 heteroatoms. The van der Waals surface area contributed by atoms with Crippen LogP contribution in [0.4, 0.5) is 0 Å². The summed E-state index contributed by atoms with van der Waals surface area (Å²) in [6, 6.07) is 6.27. The van der Waals surface area contributed by atoms with Crippen molar-refractivity contribution in [1.29, 1.82) is 0 Å². The van der Waals surface area contributed by atoms with E-state index in [0.717, 1.165) is 17.9 Å². The average molecular weight is 578 g/mol. The maximum absolute atomic E-state index is 12.3. The minimum atomic E-state index is -1.24. The Kier molecular flexibility index (Phi) is 10.5. The van der Waals surface area contributed by atoms with Gasteiger partial charge in [-0.3, -0.25) is 19.2 Å². The quantitative estimate of drug-likeness (QED) is 0.218. The van der Waals surface area contributed by atoms with Crippen molar-refractivity contribution in [2.45, 2.75) is 96.9 Å². The predicted molar refractivity (Wildman–Crippen MR) is 144 cm³/mol. The lowest BCUT2D eigenvalue weighted by Gasteiger charge is -2.45. The molecule has 5 unspecified atom stereocenters. The van der Waals surface area contributed by atoms with Crippen LogP contribution in [0.5, 0.6) is 0 Å². The van der Waals surface area contributed by atoms with E-state index < -0.39 is 72.8 Å². The van der Waals surface area contributed by atoms with Crippen LogP contribution >= 0.6 is 0 Å². The van der Waals surface area contributed by atoms with Gasteiger partial charge in [0.25, 0.3) is 0 Å². The van der Waals surface area contributed by atoms with Crippen molar-refractivity contribution in [3.8, 4) is 0 Å². The summed E-state index contributed by atoms with van der Waals surface area (Å²) in [6.45, 7) is 10.8. The van der Waals surface area contributed by atoms with Gasteiger partial charge in [-0.05, 0) is 38.7 Å². The lowest BCUT2D eigenvalue weighted by atomic mass is 9.79. The number of carbonyl (C=O) groups is 4. The van der Waals surface area contributed by atoms with E-state index in [-0.39, 0.29) is 19.8 Å². The SMILES string of the molecule is CC(=O)OCC1OC(OCc2ccc(B3OC(C)(C)C(C)(C)O3)cc2)C(NC(=O)CN)C(OC(C)=O)C1OC(C)=O. The summed E-state index contributed by atoms with van der Waals surface area (Å²) in [5.41, 5.74) is 6.12. The van der Waals surface area contributed by atoms with Gasteiger partial charge in [0.05, 0.1) is 24.4 Å². The Morgan fingerprint density at radius 1 is 0.902 bits per heavy atom. The van der Waals surface area contributed by atoms with Gasteiger partial charge in [0.2, 0.25) is 5.91 Å². The van der Waals surface area contributed by atoms with Gasteiger partial charge in [-0.1, -0.05) is 24.3 Å². The minimum absolute atomic E-state index is 0.0224. The van der Waals surface area contributed by atoms with Gasteiger partial charge >= 0.3 is 25.0 Å². The molecule has 2 aliphatic heterocycles. The fraction of sp³-hybridized carbons (Fsp3) is 0.630. The topological polar surface area (TPSA) is 171 Å². The largest absolute Gasteiger partial charge is 0.494 e. The first-order valence-corrected chi connectivity index (χ1v) is 13.3. The number of amides is 1. The van der Waals surface area contributed by atoms with Gasteiger partial charge in [-0.25, -0.2) is 0 Å². The van der Waals surface area contributed by atoms with E-state index in [1.165, 1.54) is 13.8 Å². The number of ether oxygens (including phenoxy) is 5. The van der Waals surface area contributed by atoms with Gasteiger partial charge < -0.3 is 44.0 Å². The van der Waals surface area contributed by atoms with Crippen molar-refractivity contribution in [2.24, 2.45) is 5.73 Å². The molecule has 5 atom stereocenters. The van der Waals surface area contributed by atoms with Gasteiger partial charge in [-0.2, -0.15) is 0 Å². The van der Waals surface area contributed by atoms with Gasteiger partial charge in [0.1, 0.15) is 18.8 Å². The number of hydrogen-bond donors (Lipinski definition) is 2. The second-order valence-corrected chi connectivity index (χ2v) is 10.9. The molecule has 226 valence electrons. The number of carbonyl (C=O) groups excluding carboxylic acids is 4. The van der Waals surface area contributed by atoms with E-state index in [9.17, 15) is 19.2 Å². The molecule has 13 nitrogen and oxygen atoms in total. The summed E-state index contributed by atoms with van der Waals surface area (Å²) in [5, 5.41) is 2.64. The molecule has 0 saturated carbocycles. The van der Waals surface area contributed by atoms with E-state index in [2.05, 4.69) is 5.32 Å². The maximum Gasteiger partial charge on any atom is 0.494 e. The highest BCUT2D eigenvalue weighted by Gasteiger charge is 2.52. The molecule has 0 radical (unpaired) electrons. The van der Waals surface area contributed by atoms with E-state index in [0.29, 0.717) is 0 Å². The lowest BCUT2D eigenvalue weighted by molar-refractivity contribution is -0.280. The Morgan fingerprint density at radius 2 is 1.46 bits per heavy atom. The summed E-state index contributed by atoms with van der Waals surface area (Å²) >= 11 is 0. The van der Waals surface area contributed by atoms with Crippen LogP contribution in [0.3, 0.4) is 0 Å². The van der Waals surface area contributed by atoms with Gasteiger partial charge in [0, 0.05) is 20.8 Å². The number of nitrogens with two attached hydrogens (primary N) is 1. The molecule has 2 heterocycles. The molecular formula is C27H39BN2O11. The number of hydrogen-bond acceptors (Lipinski definition) is 12. The Hall–Kier alpha value is -3.04. The molecule has 2 fully saturated rings. The smallest absolute Gasteiger partial charge is 0.463 e. The van der Waals surface area contributed by atoms with E-state index in [1.807, 2.05) is 52.0 Å². The first-order chi connectivity index (χ1) is 19.1. The van der Waals surface area contributed by atoms with Crippen molar-refractivity contribution in [3.63, 3.8) is 0 Å². The normalized spacial score (nSPS) is 26.6. The van der Waals surface area contributed by atoms with Crippen LogP contribution in [0.15, 0.2) is 24.3 Å². The number of esters is 3. The summed E-state index contributed by atoms with van der Waals surface area (Å²) in [6.07, 6.45) is -4.74. The maximum atomic E-state index is 12.3. The molecular weight excluding hydrogens is 539 g/mol. The van der Waals surface area contributed by atoms with Crippen LogP contribution in [0, 0.1) is 0 Å². The molecule has 0 aromatic heterocycles. The molecule has 3 N–H and O–H groups in total. The third-order valence-electron chi connectivity index (χ3n) is 7.13. The molecule has 3 rings (SSSR count). The Morgan fingerprint density at radius 3 is 1.98 bits per heavy atom. The molecule has 0 bridgehead atoms. The third-order valence-corrected chi connectivity index (χ3v) is 7.13. The van der Waals surface area contributed by atoms with Crippen LogP contribution in [0.25, 0.3) is 0 Å². The van der Waals surface area contributed by atoms with Crippen LogP contribution in [0.2, 0.25) is 0 Å². The van der Waals surface area contributed by atoms with Gasteiger partial charge in [-0.15, -0.1) is 0 Å². The summed E-state index contributed by atoms with van der Waals surface area (Å²) < 4.78 is 40.3. The van der Waals surface area contributed by atoms with Crippen molar-refractivity contribution < 1.29 is 52.2 Å². The van der Waals surface area contributed by atoms with Crippen molar-refractivity contribution in [1.82, 2.24) is 5.32 Å². The fourth-order valence-corrected chi connectivity index (χ4v) is 4.37. The van der Waals surface area contributed by atoms with E-state index in [1.54, 1.807) is 0 Å². The number of nitrogens with one attached hydrogen (secondary N) is 1. The lowest BCUT2D eigenvalue weighted by Crippen LogP contribution is -2.67. The van der Waals surface area contributed by atoms with Crippen LogP contribution in [-0.2, 0) is 58.8 Å². The highest BCUT2D eigenvalue weighted by atomic mass is 16.7. The molecule has 1 aromatic carbocycles. The molecule has 1 amide bonds. The zero-order valence-electron chi connectivity index (χ0n) is 24.5. The fourth-order valence-electron chi connectivity index (χ4n) is 4.37. The van der Waals surface area contributed by atoms with Crippen molar-refractivity contribution in [2.75, 3.05) is 13.2 Å². The first-order valence-electron chi connectivity index (χ1n) is 13.3. The molecule has 2 aliphatic rings. The summed E-state index contributed by atoms with van der Waals surface area (Å²) in [4.78, 5) is 47.8. The molecule has 0 spiro atoms. The standard InChI is InChI=1S/C27H39BN2O11/c1-15(31)35-14-20-23(37-16(2)32)24(38-17(3)33)22(30-21(34)12-29)25(39-20)36-13-18-8-10-19(11-9-18)28-40-26(4,5)27(6,7)41-28/h8-11,20,22-25H,12-14,29H2,1-7H3,(H,30,34). The summed E-state index contributed by atoms with van der Waals surface area (Å²) in [5.74, 6) is -2.59. The van der Waals surface area contributed by atoms with Gasteiger partial charge in [0.15, 0.2) is 18.5 Å². The highest BCUT2D eigenvalue weighted by Crippen LogP contribution is 2.36. The molecule has 41 heavy (non-hydrogen) atoms. The van der Waals surface area contributed by atoms with Crippen molar-refractivity contribution in [3.05, 3.63) is 29.8 Å². The van der Waals surface area contributed by atoms with Crippen LogP contribution in [0.1, 0.15) is 54.0 Å². The predicted octanol–water partition coefficient (Wildman–Crippen LogP) is 0.0973. The Bertz CT molecular complexity index is 1090. The zero-order valence-corrected chi connectivity index (χ0v) is 24.5. The second-order valence-electron chi connectivity index (χ2n) is 10.9. The Balaban J connectivity index is 1.83. The molecule has 1 aromatic rings. The van der Waals surface area contributed by atoms with Crippen molar-refractivity contribution >= 4 is 36.4 Å². The zero-order chi connectivity index (χ0) is 30.5. The minimum Gasteiger partial charge on any atom is -0.463 e.